The fourth-order valence-corrected chi connectivity index (χ4v) is 7.39. The lowest BCUT2D eigenvalue weighted by atomic mass is 9.82. The molecule has 3 heteroatoms. The van der Waals surface area contributed by atoms with Gasteiger partial charge in [0, 0.05) is 25.7 Å². The Hall–Kier alpha value is -1.61. The highest BCUT2D eigenvalue weighted by molar-refractivity contribution is 5.76. The molecule has 0 aromatic heterocycles. The normalized spacial score (nSPS) is 30.4. The largest absolute Gasteiger partial charge is 0.462 e. The molecule has 0 spiro atoms. The number of piperidine rings is 1. The topological polar surface area (TPSA) is 26.3 Å². The zero-order valence-corrected chi connectivity index (χ0v) is 19.3. The molecular weight excluding hydrogens is 370 g/mol. The predicted octanol–water partition coefficient (Wildman–Crippen LogP) is 6.13. The highest BCUT2D eigenvalue weighted by Gasteiger charge is 2.57. The van der Waals surface area contributed by atoms with Crippen molar-refractivity contribution in [2.45, 2.75) is 109 Å². The molecule has 2 saturated heterocycles. The second-order valence-corrected chi connectivity index (χ2v) is 10.4. The lowest BCUT2D eigenvalue weighted by Crippen LogP contribution is -2.68. The molecule has 3 unspecified atom stereocenters. The molecule has 4 rings (SSSR count). The Morgan fingerprint density at radius 2 is 1.63 bits per heavy atom. The van der Waals surface area contributed by atoms with Crippen LogP contribution >= 0.6 is 0 Å². The second kappa shape index (κ2) is 8.86. The Labute approximate surface area is 183 Å². The summed E-state index contributed by atoms with van der Waals surface area (Å²) in [6.07, 6.45) is 11.0. The molecule has 3 aliphatic rings. The van der Waals surface area contributed by atoms with Crippen LogP contribution in [0.1, 0.15) is 84.6 Å². The maximum atomic E-state index is 13.0. The number of fused-ring (bicyclic) bond motifs is 2. The van der Waals surface area contributed by atoms with Crippen LogP contribution in [0.4, 0.5) is 0 Å². The van der Waals surface area contributed by atoms with Gasteiger partial charge in [-0.25, -0.2) is 0 Å². The minimum absolute atomic E-state index is 0.0159. The standard InChI is InChI=1S/C27H40NO2/c1-19(2)28(20(3)4)23-14-15-24(28)18-25(17-23)30-27(29)16-22-12-8-9-13-26(22)21-10-6-5-7-11-21/h5-7,10-11,13,19-20,22-25H,8-9,12,14-18H2,1-4H3/q+1. The van der Waals surface area contributed by atoms with Crippen molar-refractivity contribution in [2.75, 3.05) is 0 Å². The molecule has 0 N–H and O–H groups in total. The predicted molar refractivity (Wildman–Crippen MR) is 123 cm³/mol. The lowest BCUT2D eigenvalue weighted by Gasteiger charge is -2.55. The smallest absolute Gasteiger partial charge is 0.306 e. The Balaban J connectivity index is 1.40. The van der Waals surface area contributed by atoms with E-state index in [1.54, 1.807) is 0 Å². The number of quaternary nitrogens is 1. The molecule has 3 atom stereocenters. The van der Waals surface area contributed by atoms with E-state index in [2.05, 4.69) is 64.1 Å². The van der Waals surface area contributed by atoms with Gasteiger partial charge >= 0.3 is 5.97 Å². The van der Waals surface area contributed by atoms with E-state index in [0.717, 1.165) is 25.7 Å². The van der Waals surface area contributed by atoms with E-state index in [1.807, 2.05) is 0 Å². The van der Waals surface area contributed by atoms with Crippen molar-refractivity contribution in [1.29, 1.82) is 0 Å². The van der Waals surface area contributed by atoms with Crippen LogP contribution in [0.15, 0.2) is 36.4 Å². The summed E-state index contributed by atoms with van der Waals surface area (Å²) in [6.45, 7) is 9.55. The summed E-state index contributed by atoms with van der Waals surface area (Å²) >= 11 is 0. The summed E-state index contributed by atoms with van der Waals surface area (Å²) in [6, 6.07) is 13.2. The van der Waals surface area contributed by atoms with Crippen LogP contribution in [-0.2, 0) is 9.53 Å². The van der Waals surface area contributed by atoms with Crippen molar-refractivity contribution in [3.63, 3.8) is 0 Å². The molecule has 1 aromatic rings. The minimum Gasteiger partial charge on any atom is -0.462 e. The van der Waals surface area contributed by atoms with Gasteiger partial charge in [-0.1, -0.05) is 36.4 Å². The number of nitrogens with zero attached hydrogens (tertiary/aromatic N) is 1. The number of allylic oxidation sites excluding steroid dienone is 2. The van der Waals surface area contributed by atoms with Gasteiger partial charge in [-0.2, -0.15) is 0 Å². The molecule has 2 aliphatic heterocycles. The maximum Gasteiger partial charge on any atom is 0.306 e. The third-order valence-electron chi connectivity index (χ3n) is 8.34. The molecule has 1 aliphatic carbocycles. The molecule has 2 bridgehead atoms. The van der Waals surface area contributed by atoms with Gasteiger partial charge in [0.05, 0.1) is 30.6 Å². The minimum atomic E-state index is 0.0159. The van der Waals surface area contributed by atoms with Crippen molar-refractivity contribution in [2.24, 2.45) is 5.92 Å². The van der Waals surface area contributed by atoms with E-state index in [1.165, 1.54) is 34.9 Å². The molecule has 0 radical (unpaired) electrons. The number of ether oxygens (including phenoxy) is 1. The summed E-state index contributed by atoms with van der Waals surface area (Å²) in [5.74, 6) is 0.317. The summed E-state index contributed by atoms with van der Waals surface area (Å²) in [5, 5.41) is 0. The first-order chi connectivity index (χ1) is 14.4. The van der Waals surface area contributed by atoms with Crippen molar-refractivity contribution in [3.05, 3.63) is 42.0 Å². The summed E-state index contributed by atoms with van der Waals surface area (Å²) in [5.41, 5.74) is 2.61. The average Bonchev–Trinajstić information content (AvgIpc) is 2.95. The second-order valence-electron chi connectivity index (χ2n) is 10.4. The van der Waals surface area contributed by atoms with Gasteiger partial charge in [0.15, 0.2) is 0 Å². The van der Waals surface area contributed by atoms with Gasteiger partial charge in [-0.3, -0.25) is 4.79 Å². The number of rotatable bonds is 6. The third-order valence-corrected chi connectivity index (χ3v) is 8.34. The van der Waals surface area contributed by atoms with E-state index >= 15 is 0 Å². The number of carbonyl (C=O) groups excluding carboxylic acids is 1. The van der Waals surface area contributed by atoms with Crippen LogP contribution in [0.5, 0.6) is 0 Å². The first kappa shape index (κ1) is 21.6. The zero-order valence-electron chi connectivity index (χ0n) is 19.3. The molecule has 1 aromatic carbocycles. The monoisotopic (exact) mass is 410 g/mol. The molecule has 30 heavy (non-hydrogen) atoms. The van der Waals surface area contributed by atoms with Crippen molar-refractivity contribution in [1.82, 2.24) is 0 Å². The fraction of sp³-hybridized carbons (Fsp3) is 0.667. The Morgan fingerprint density at radius 1 is 1.00 bits per heavy atom. The first-order valence-electron chi connectivity index (χ1n) is 12.3. The van der Waals surface area contributed by atoms with E-state index in [0.29, 0.717) is 36.5 Å². The number of benzene rings is 1. The van der Waals surface area contributed by atoms with Crippen molar-refractivity contribution in [3.8, 4) is 0 Å². The Bertz CT molecular complexity index is 742. The fourth-order valence-electron chi connectivity index (χ4n) is 7.39. The number of esters is 1. The average molecular weight is 411 g/mol. The van der Waals surface area contributed by atoms with E-state index in [-0.39, 0.29) is 12.1 Å². The van der Waals surface area contributed by atoms with E-state index in [9.17, 15) is 4.79 Å². The lowest BCUT2D eigenvalue weighted by molar-refractivity contribution is -1.00. The molecule has 164 valence electrons. The third kappa shape index (κ3) is 3.86. The highest BCUT2D eigenvalue weighted by Crippen LogP contribution is 2.47. The summed E-state index contributed by atoms with van der Waals surface area (Å²) in [7, 11) is 0. The summed E-state index contributed by atoms with van der Waals surface area (Å²) in [4.78, 5) is 13.0. The highest BCUT2D eigenvalue weighted by atomic mass is 16.5. The van der Waals surface area contributed by atoms with Gasteiger partial charge in [0.25, 0.3) is 0 Å². The van der Waals surface area contributed by atoms with Crippen LogP contribution in [-0.4, -0.2) is 40.7 Å². The van der Waals surface area contributed by atoms with Crippen LogP contribution in [0.25, 0.3) is 5.57 Å². The number of carbonyl (C=O) groups is 1. The molecule has 0 amide bonds. The number of hydrogen-bond acceptors (Lipinski definition) is 2. The molecule has 2 heterocycles. The SMILES string of the molecule is CC(C)[N+]1(C(C)C)C2CCC1CC(OC(=O)CC1CCCC=C1c1ccccc1)C2. The maximum absolute atomic E-state index is 13.0. The summed E-state index contributed by atoms with van der Waals surface area (Å²) < 4.78 is 7.37. The van der Waals surface area contributed by atoms with Gasteiger partial charge in [-0.15, -0.1) is 0 Å². The Kier molecular flexibility index (Phi) is 6.39. The van der Waals surface area contributed by atoms with Crippen LogP contribution < -0.4 is 0 Å². The van der Waals surface area contributed by atoms with Crippen molar-refractivity contribution < 1.29 is 14.0 Å². The Morgan fingerprint density at radius 3 is 2.23 bits per heavy atom. The number of hydrogen-bond donors (Lipinski definition) is 0. The van der Waals surface area contributed by atoms with Gasteiger partial charge in [0.1, 0.15) is 6.10 Å². The van der Waals surface area contributed by atoms with E-state index in [4.69, 9.17) is 4.74 Å². The van der Waals surface area contributed by atoms with Crippen molar-refractivity contribution >= 4 is 11.5 Å². The van der Waals surface area contributed by atoms with Crippen LogP contribution in [0, 0.1) is 5.92 Å². The first-order valence-corrected chi connectivity index (χ1v) is 12.3. The van der Waals surface area contributed by atoms with Gasteiger partial charge < -0.3 is 9.22 Å². The molecular formula is C27H40NO2+. The van der Waals surface area contributed by atoms with E-state index < -0.39 is 0 Å². The van der Waals surface area contributed by atoms with Crippen LogP contribution in [0.2, 0.25) is 0 Å². The molecule has 3 nitrogen and oxygen atoms in total. The van der Waals surface area contributed by atoms with Crippen LogP contribution in [0.3, 0.4) is 0 Å². The zero-order chi connectivity index (χ0) is 21.3. The molecule has 0 saturated carbocycles. The van der Waals surface area contributed by atoms with Gasteiger partial charge in [-0.05, 0) is 64.0 Å². The quantitative estimate of drug-likeness (QED) is 0.416. The van der Waals surface area contributed by atoms with Gasteiger partial charge in [0.2, 0.25) is 0 Å². The molecule has 2 fully saturated rings.